The summed E-state index contributed by atoms with van der Waals surface area (Å²) in [4.78, 5) is 4.37. The van der Waals surface area contributed by atoms with Crippen molar-refractivity contribution in [3.63, 3.8) is 0 Å². The van der Waals surface area contributed by atoms with Crippen LogP contribution in [0, 0.1) is 13.8 Å². The van der Waals surface area contributed by atoms with Gasteiger partial charge in [0, 0.05) is 6.92 Å². The first kappa shape index (κ1) is 9.58. The second-order valence-electron chi connectivity index (χ2n) is 4.59. The Morgan fingerprint density at radius 1 is 1.12 bits per heavy atom. The predicted molar refractivity (Wildman–Crippen MR) is 60.2 cm³/mol. The smallest absolute Gasteiger partial charge is 0.223 e. The maximum Gasteiger partial charge on any atom is 0.223 e. The van der Waals surface area contributed by atoms with Crippen molar-refractivity contribution in [2.75, 3.05) is 0 Å². The van der Waals surface area contributed by atoms with Gasteiger partial charge in [-0.3, -0.25) is 0 Å². The fraction of sp³-hybridized carbons (Fsp3) is 0.385. The van der Waals surface area contributed by atoms with Gasteiger partial charge in [0.25, 0.3) is 0 Å². The molecular formula is C13H14N2O. The van der Waals surface area contributed by atoms with Gasteiger partial charge in [0.15, 0.2) is 5.82 Å². The molecule has 1 aliphatic carbocycles. The van der Waals surface area contributed by atoms with E-state index in [9.17, 15) is 0 Å². The first-order valence-electron chi connectivity index (χ1n) is 5.59. The highest BCUT2D eigenvalue weighted by Gasteiger charge is 2.49. The second-order valence-corrected chi connectivity index (χ2v) is 4.59. The maximum absolute atomic E-state index is 5.07. The van der Waals surface area contributed by atoms with Gasteiger partial charge in [0.2, 0.25) is 5.89 Å². The Morgan fingerprint density at radius 2 is 1.81 bits per heavy atom. The molecule has 1 aromatic carbocycles. The molecule has 0 radical (unpaired) electrons. The summed E-state index contributed by atoms with van der Waals surface area (Å²) in [5.74, 6) is 1.49. The van der Waals surface area contributed by atoms with Crippen molar-refractivity contribution in [2.45, 2.75) is 32.1 Å². The lowest BCUT2D eigenvalue weighted by Crippen LogP contribution is -2.10. The van der Waals surface area contributed by atoms with Gasteiger partial charge in [-0.2, -0.15) is 4.98 Å². The molecule has 3 heteroatoms. The third kappa shape index (κ3) is 1.35. The minimum absolute atomic E-state index is 0.0332. The topological polar surface area (TPSA) is 38.9 Å². The largest absolute Gasteiger partial charge is 0.340 e. The van der Waals surface area contributed by atoms with Crippen LogP contribution in [0.2, 0.25) is 0 Å². The SMILES string of the molecule is Cc1ccc(C2(c3noc(C)n3)CC2)cc1. The molecule has 0 atom stereocenters. The normalized spacial score (nSPS) is 17.4. The van der Waals surface area contributed by atoms with E-state index in [2.05, 4.69) is 41.3 Å². The van der Waals surface area contributed by atoms with Crippen LogP contribution in [0.15, 0.2) is 28.8 Å². The van der Waals surface area contributed by atoms with Crippen LogP contribution >= 0.6 is 0 Å². The number of aromatic nitrogens is 2. The van der Waals surface area contributed by atoms with E-state index < -0.39 is 0 Å². The molecule has 0 aliphatic heterocycles. The standard InChI is InChI=1S/C13H14N2O/c1-9-3-5-11(6-4-9)13(7-8-13)12-14-10(2)16-15-12/h3-6H,7-8H2,1-2H3. The Bertz CT molecular complexity index is 509. The second kappa shape index (κ2) is 3.17. The number of hydrogen-bond donors (Lipinski definition) is 0. The molecule has 0 amide bonds. The molecule has 1 saturated carbocycles. The van der Waals surface area contributed by atoms with Gasteiger partial charge in [0.1, 0.15) is 0 Å². The number of rotatable bonds is 2. The van der Waals surface area contributed by atoms with Crippen LogP contribution in [0.5, 0.6) is 0 Å². The van der Waals surface area contributed by atoms with Crippen LogP contribution in [-0.2, 0) is 5.41 Å². The van der Waals surface area contributed by atoms with Gasteiger partial charge in [-0.25, -0.2) is 0 Å². The van der Waals surface area contributed by atoms with Crippen LogP contribution < -0.4 is 0 Å². The van der Waals surface area contributed by atoms with Crippen molar-refractivity contribution in [3.8, 4) is 0 Å². The van der Waals surface area contributed by atoms with Crippen LogP contribution in [0.4, 0.5) is 0 Å². The molecule has 82 valence electrons. The fourth-order valence-corrected chi connectivity index (χ4v) is 2.13. The van der Waals surface area contributed by atoms with Crippen molar-refractivity contribution in [2.24, 2.45) is 0 Å². The minimum atomic E-state index is 0.0332. The summed E-state index contributed by atoms with van der Waals surface area (Å²) in [5, 5.41) is 4.06. The lowest BCUT2D eigenvalue weighted by Gasteiger charge is -2.10. The Balaban J connectivity index is 2.03. The number of hydrogen-bond acceptors (Lipinski definition) is 3. The van der Waals surface area contributed by atoms with Crippen molar-refractivity contribution >= 4 is 0 Å². The zero-order valence-corrected chi connectivity index (χ0v) is 9.53. The molecule has 0 N–H and O–H groups in total. The van der Waals surface area contributed by atoms with Crippen molar-refractivity contribution in [3.05, 3.63) is 47.1 Å². The van der Waals surface area contributed by atoms with Gasteiger partial charge in [-0.1, -0.05) is 35.0 Å². The molecule has 0 spiro atoms. The van der Waals surface area contributed by atoms with E-state index in [0.29, 0.717) is 5.89 Å². The third-order valence-corrected chi connectivity index (χ3v) is 3.31. The number of aryl methyl sites for hydroxylation is 2. The minimum Gasteiger partial charge on any atom is -0.340 e. The van der Waals surface area contributed by atoms with E-state index in [-0.39, 0.29) is 5.41 Å². The van der Waals surface area contributed by atoms with Gasteiger partial charge < -0.3 is 4.52 Å². The molecule has 1 fully saturated rings. The fourth-order valence-electron chi connectivity index (χ4n) is 2.13. The molecular weight excluding hydrogens is 200 g/mol. The molecule has 0 unspecified atom stereocenters. The molecule has 1 heterocycles. The average Bonchev–Trinajstić information content (AvgIpc) is 2.97. The number of benzene rings is 1. The van der Waals surface area contributed by atoms with E-state index in [4.69, 9.17) is 4.52 Å². The van der Waals surface area contributed by atoms with Gasteiger partial charge in [0.05, 0.1) is 5.41 Å². The zero-order chi connectivity index (χ0) is 11.2. The van der Waals surface area contributed by atoms with Gasteiger partial charge in [-0.05, 0) is 25.3 Å². The summed E-state index contributed by atoms with van der Waals surface area (Å²) >= 11 is 0. The number of nitrogens with zero attached hydrogens (tertiary/aromatic N) is 2. The quantitative estimate of drug-likeness (QED) is 0.771. The highest BCUT2D eigenvalue weighted by atomic mass is 16.5. The van der Waals surface area contributed by atoms with Crippen molar-refractivity contribution in [1.82, 2.24) is 10.1 Å². The molecule has 0 bridgehead atoms. The summed E-state index contributed by atoms with van der Waals surface area (Å²) in [5.41, 5.74) is 2.62. The highest BCUT2D eigenvalue weighted by Crippen LogP contribution is 2.52. The lowest BCUT2D eigenvalue weighted by atomic mass is 9.94. The summed E-state index contributed by atoms with van der Waals surface area (Å²) in [6.45, 7) is 3.93. The molecule has 16 heavy (non-hydrogen) atoms. The maximum atomic E-state index is 5.07. The Labute approximate surface area is 94.5 Å². The molecule has 0 saturated heterocycles. The zero-order valence-electron chi connectivity index (χ0n) is 9.53. The van der Waals surface area contributed by atoms with E-state index in [1.54, 1.807) is 0 Å². The molecule has 2 aromatic rings. The van der Waals surface area contributed by atoms with Crippen LogP contribution in [0.1, 0.15) is 35.7 Å². The molecule has 3 rings (SSSR count). The van der Waals surface area contributed by atoms with Gasteiger partial charge >= 0.3 is 0 Å². The van der Waals surface area contributed by atoms with E-state index >= 15 is 0 Å². The monoisotopic (exact) mass is 214 g/mol. The summed E-state index contributed by atoms with van der Waals surface area (Å²) < 4.78 is 5.07. The summed E-state index contributed by atoms with van der Waals surface area (Å²) in [6.07, 6.45) is 2.24. The van der Waals surface area contributed by atoms with Gasteiger partial charge in [-0.15, -0.1) is 0 Å². The predicted octanol–water partition coefficient (Wildman–Crippen LogP) is 2.77. The third-order valence-electron chi connectivity index (χ3n) is 3.31. The van der Waals surface area contributed by atoms with E-state index in [1.165, 1.54) is 11.1 Å². The average molecular weight is 214 g/mol. The van der Waals surface area contributed by atoms with Crippen LogP contribution in [0.3, 0.4) is 0 Å². The van der Waals surface area contributed by atoms with Crippen LogP contribution in [-0.4, -0.2) is 10.1 Å². The molecule has 1 aliphatic rings. The molecule has 3 nitrogen and oxygen atoms in total. The first-order valence-corrected chi connectivity index (χ1v) is 5.59. The Morgan fingerprint density at radius 3 is 2.31 bits per heavy atom. The Hall–Kier alpha value is -1.64. The van der Waals surface area contributed by atoms with E-state index in [0.717, 1.165) is 18.7 Å². The highest BCUT2D eigenvalue weighted by molar-refractivity contribution is 5.39. The lowest BCUT2D eigenvalue weighted by molar-refractivity contribution is 0.384. The first-order chi connectivity index (χ1) is 7.71. The van der Waals surface area contributed by atoms with E-state index in [1.807, 2.05) is 6.92 Å². The summed E-state index contributed by atoms with van der Waals surface area (Å²) in [6, 6.07) is 8.63. The molecule has 1 aromatic heterocycles. The van der Waals surface area contributed by atoms with Crippen molar-refractivity contribution in [1.29, 1.82) is 0 Å². The van der Waals surface area contributed by atoms with Crippen molar-refractivity contribution < 1.29 is 4.52 Å². The van der Waals surface area contributed by atoms with Crippen LogP contribution in [0.25, 0.3) is 0 Å². The Kier molecular flexibility index (Phi) is 1.90. The summed E-state index contributed by atoms with van der Waals surface area (Å²) in [7, 11) is 0.